The normalized spacial score (nSPS) is 10.8. The molecule has 1 N–H and O–H groups in total. The third-order valence-corrected chi connectivity index (χ3v) is 3.82. The van der Waals surface area contributed by atoms with Gasteiger partial charge in [0, 0.05) is 27.7 Å². The SMILES string of the molecule is COc1cc(O)c(C(=O)/C=C/c2c(Cl)cccc2Cl)c(OC)c1. The number of hydrogen-bond donors (Lipinski definition) is 1. The molecule has 120 valence electrons. The first-order valence-electron chi connectivity index (χ1n) is 6.59. The highest BCUT2D eigenvalue weighted by atomic mass is 35.5. The number of phenols is 1. The molecule has 0 aliphatic heterocycles. The Labute approximate surface area is 143 Å². The number of methoxy groups -OCH3 is 2. The fourth-order valence-electron chi connectivity index (χ4n) is 2.01. The van der Waals surface area contributed by atoms with Crippen LogP contribution in [0.5, 0.6) is 17.2 Å². The number of carbonyl (C=O) groups is 1. The lowest BCUT2D eigenvalue weighted by atomic mass is 10.1. The largest absolute Gasteiger partial charge is 0.507 e. The van der Waals surface area contributed by atoms with Gasteiger partial charge >= 0.3 is 0 Å². The summed E-state index contributed by atoms with van der Waals surface area (Å²) < 4.78 is 10.2. The average Bonchev–Trinajstić information content (AvgIpc) is 2.53. The number of aromatic hydroxyl groups is 1. The molecule has 0 spiro atoms. The van der Waals surface area contributed by atoms with Crippen molar-refractivity contribution in [3.63, 3.8) is 0 Å². The molecule has 0 unspecified atom stereocenters. The molecule has 0 amide bonds. The number of allylic oxidation sites excluding steroid dienone is 1. The first-order chi connectivity index (χ1) is 11.0. The van der Waals surface area contributed by atoms with Crippen LogP contribution in [0.3, 0.4) is 0 Å². The maximum Gasteiger partial charge on any atom is 0.193 e. The predicted octanol–water partition coefficient (Wildman–Crippen LogP) is 4.61. The molecule has 0 bridgehead atoms. The zero-order chi connectivity index (χ0) is 17.0. The van der Waals surface area contributed by atoms with E-state index >= 15 is 0 Å². The summed E-state index contributed by atoms with van der Waals surface area (Å²) in [5, 5.41) is 10.9. The number of hydrogen-bond acceptors (Lipinski definition) is 4. The van der Waals surface area contributed by atoms with Crippen LogP contribution in [0.25, 0.3) is 6.08 Å². The summed E-state index contributed by atoms with van der Waals surface area (Å²) in [7, 11) is 2.86. The number of carbonyl (C=O) groups excluding carboxylic acids is 1. The van der Waals surface area contributed by atoms with Crippen molar-refractivity contribution in [3.8, 4) is 17.2 Å². The molecule has 0 heterocycles. The van der Waals surface area contributed by atoms with Crippen LogP contribution in [0.15, 0.2) is 36.4 Å². The van der Waals surface area contributed by atoms with Crippen LogP contribution in [-0.2, 0) is 0 Å². The first kappa shape index (κ1) is 17.2. The third kappa shape index (κ3) is 3.78. The van der Waals surface area contributed by atoms with Crippen LogP contribution in [0.2, 0.25) is 10.0 Å². The van der Waals surface area contributed by atoms with Gasteiger partial charge in [0.1, 0.15) is 22.8 Å². The second-order valence-electron chi connectivity index (χ2n) is 4.56. The Morgan fingerprint density at radius 2 is 1.78 bits per heavy atom. The van der Waals surface area contributed by atoms with Gasteiger partial charge in [-0.15, -0.1) is 0 Å². The van der Waals surface area contributed by atoms with Crippen molar-refractivity contribution < 1.29 is 19.4 Å². The van der Waals surface area contributed by atoms with Gasteiger partial charge in [-0.25, -0.2) is 0 Å². The van der Waals surface area contributed by atoms with Gasteiger partial charge in [-0.05, 0) is 24.3 Å². The Hall–Kier alpha value is -2.17. The Kier molecular flexibility index (Phi) is 5.53. The molecule has 0 saturated carbocycles. The van der Waals surface area contributed by atoms with E-state index in [-0.39, 0.29) is 17.1 Å². The van der Waals surface area contributed by atoms with Crippen LogP contribution >= 0.6 is 23.2 Å². The summed E-state index contributed by atoms with van der Waals surface area (Å²) in [6.07, 6.45) is 2.77. The van der Waals surface area contributed by atoms with E-state index in [1.807, 2.05) is 0 Å². The predicted molar refractivity (Wildman–Crippen MR) is 91.0 cm³/mol. The van der Waals surface area contributed by atoms with Crippen molar-refractivity contribution >= 4 is 35.1 Å². The second-order valence-corrected chi connectivity index (χ2v) is 5.37. The maximum absolute atomic E-state index is 12.4. The number of rotatable bonds is 5. The minimum atomic E-state index is -0.446. The molecule has 2 aromatic carbocycles. The molecule has 0 fully saturated rings. The van der Waals surface area contributed by atoms with Gasteiger partial charge in [0.25, 0.3) is 0 Å². The highest BCUT2D eigenvalue weighted by Gasteiger charge is 2.17. The Morgan fingerprint density at radius 3 is 2.35 bits per heavy atom. The molecule has 2 aromatic rings. The number of halogens is 2. The zero-order valence-corrected chi connectivity index (χ0v) is 14.0. The molecule has 0 atom stereocenters. The Morgan fingerprint density at radius 1 is 1.13 bits per heavy atom. The minimum Gasteiger partial charge on any atom is -0.507 e. The van der Waals surface area contributed by atoms with Crippen molar-refractivity contribution in [2.75, 3.05) is 14.2 Å². The number of phenolic OH excluding ortho intramolecular Hbond substituents is 1. The Bertz CT molecular complexity index is 749. The molecular formula is C17H14Cl2O4. The van der Waals surface area contributed by atoms with Crippen LogP contribution in [0, 0.1) is 0 Å². The summed E-state index contributed by atoms with van der Waals surface area (Å²) >= 11 is 12.1. The fraction of sp³-hybridized carbons (Fsp3) is 0.118. The smallest absolute Gasteiger partial charge is 0.193 e. The number of ketones is 1. The number of ether oxygens (including phenoxy) is 2. The summed E-state index contributed by atoms with van der Waals surface area (Å²) in [5.41, 5.74) is 0.559. The summed E-state index contributed by atoms with van der Waals surface area (Å²) in [4.78, 5) is 12.4. The maximum atomic E-state index is 12.4. The lowest BCUT2D eigenvalue weighted by Gasteiger charge is -2.10. The van der Waals surface area contributed by atoms with E-state index in [1.165, 1.54) is 38.5 Å². The topological polar surface area (TPSA) is 55.8 Å². The third-order valence-electron chi connectivity index (χ3n) is 3.16. The van der Waals surface area contributed by atoms with Gasteiger partial charge in [-0.3, -0.25) is 4.79 Å². The highest BCUT2D eigenvalue weighted by molar-refractivity contribution is 6.37. The molecule has 0 aliphatic carbocycles. The molecule has 6 heteroatoms. The molecule has 4 nitrogen and oxygen atoms in total. The van der Waals surface area contributed by atoms with Gasteiger partial charge in [-0.1, -0.05) is 29.3 Å². The molecule has 2 rings (SSSR count). The number of benzene rings is 2. The van der Waals surface area contributed by atoms with Gasteiger partial charge in [0.2, 0.25) is 0 Å². The molecule has 23 heavy (non-hydrogen) atoms. The lowest BCUT2D eigenvalue weighted by molar-refractivity contribution is 0.104. The van der Waals surface area contributed by atoms with E-state index in [1.54, 1.807) is 18.2 Å². The van der Waals surface area contributed by atoms with E-state index in [4.69, 9.17) is 32.7 Å². The molecular weight excluding hydrogens is 339 g/mol. The average molecular weight is 353 g/mol. The van der Waals surface area contributed by atoms with Crippen molar-refractivity contribution in [3.05, 3.63) is 57.6 Å². The van der Waals surface area contributed by atoms with Crippen molar-refractivity contribution in [1.29, 1.82) is 0 Å². The van der Waals surface area contributed by atoms with Crippen molar-refractivity contribution in [2.45, 2.75) is 0 Å². The lowest BCUT2D eigenvalue weighted by Crippen LogP contribution is -2.00. The molecule has 0 saturated heterocycles. The standard InChI is InChI=1S/C17H14Cl2O4/c1-22-10-8-15(21)17(16(9-10)23-2)14(20)7-6-11-12(18)4-3-5-13(11)19/h3-9,21H,1-2H3/b7-6+. The van der Waals surface area contributed by atoms with Crippen LogP contribution < -0.4 is 9.47 Å². The minimum absolute atomic E-state index is 0.0349. The van der Waals surface area contributed by atoms with Crippen molar-refractivity contribution in [1.82, 2.24) is 0 Å². The molecule has 0 radical (unpaired) electrons. The van der Waals surface area contributed by atoms with Crippen LogP contribution in [0.4, 0.5) is 0 Å². The van der Waals surface area contributed by atoms with Gasteiger partial charge < -0.3 is 14.6 Å². The van der Waals surface area contributed by atoms with Crippen LogP contribution in [0.1, 0.15) is 15.9 Å². The highest BCUT2D eigenvalue weighted by Crippen LogP contribution is 2.34. The van der Waals surface area contributed by atoms with Crippen LogP contribution in [-0.4, -0.2) is 25.1 Å². The van der Waals surface area contributed by atoms with Gasteiger partial charge in [0.05, 0.1) is 14.2 Å². The fourth-order valence-corrected chi connectivity index (χ4v) is 2.54. The van der Waals surface area contributed by atoms with Crippen molar-refractivity contribution in [2.24, 2.45) is 0 Å². The summed E-state index contributed by atoms with van der Waals surface area (Å²) in [6.45, 7) is 0. The summed E-state index contributed by atoms with van der Waals surface area (Å²) in [6, 6.07) is 7.91. The monoisotopic (exact) mass is 352 g/mol. The second kappa shape index (κ2) is 7.40. The Balaban J connectivity index is 2.40. The first-order valence-corrected chi connectivity index (χ1v) is 7.35. The summed E-state index contributed by atoms with van der Waals surface area (Å²) in [5.74, 6) is -0.0881. The van der Waals surface area contributed by atoms with Gasteiger partial charge in [0.15, 0.2) is 5.78 Å². The quantitative estimate of drug-likeness (QED) is 0.630. The van der Waals surface area contributed by atoms with E-state index in [2.05, 4.69) is 0 Å². The van der Waals surface area contributed by atoms with E-state index in [0.29, 0.717) is 21.4 Å². The molecule has 0 aromatic heterocycles. The van der Waals surface area contributed by atoms with E-state index < -0.39 is 5.78 Å². The molecule has 0 aliphatic rings. The van der Waals surface area contributed by atoms with E-state index in [9.17, 15) is 9.90 Å². The zero-order valence-electron chi connectivity index (χ0n) is 12.5. The van der Waals surface area contributed by atoms with E-state index in [0.717, 1.165) is 0 Å². The van der Waals surface area contributed by atoms with Gasteiger partial charge in [-0.2, -0.15) is 0 Å².